The summed E-state index contributed by atoms with van der Waals surface area (Å²) in [5.41, 5.74) is 0.776. The quantitative estimate of drug-likeness (QED) is 0.862. The molecule has 0 aliphatic rings. The average Bonchev–Trinajstić information content (AvgIpc) is 2.84. The van der Waals surface area contributed by atoms with Gasteiger partial charge in [0.2, 0.25) is 11.7 Å². The minimum Gasteiger partial charge on any atom is -0.472 e. The minimum absolute atomic E-state index is 0.392. The summed E-state index contributed by atoms with van der Waals surface area (Å²) in [5, 5.41) is 13.6. The van der Waals surface area contributed by atoms with Crippen molar-refractivity contribution < 1.29 is 14.0 Å². The van der Waals surface area contributed by atoms with Crippen LogP contribution in [0, 0.1) is 5.92 Å². The molecule has 0 aliphatic carbocycles. The summed E-state index contributed by atoms with van der Waals surface area (Å²) in [7, 11) is 0. The molecule has 2 rings (SSSR count). The summed E-state index contributed by atoms with van der Waals surface area (Å²) in [4.78, 5) is 4.20. The van der Waals surface area contributed by atoms with Crippen molar-refractivity contribution in [3.8, 4) is 11.4 Å². The van der Waals surface area contributed by atoms with Gasteiger partial charge in [-0.3, -0.25) is 0 Å². The van der Waals surface area contributed by atoms with Crippen molar-refractivity contribution in [3.05, 3.63) is 24.5 Å². The zero-order valence-electron chi connectivity index (χ0n) is 9.96. The first-order valence-electron chi connectivity index (χ1n) is 5.68. The first-order chi connectivity index (χ1) is 8.15. The molecular formula is C12H16N2O3. The van der Waals surface area contributed by atoms with Gasteiger partial charge in [-0.2, -0.15) is 4.98 Å². The highest BCUT2D eigenvalue weighted by atomic mass is 16.5. The van der Waals surface area contributed by atoms with Crippen LogP contribution in [0.2, 0.25) is 0 Å². The number of aliphatic hydroxyl groups excluding tert-OH is 1. The Morgan fingerprint density at radius 2 is 2.24 bits per heavy atom. The first-order valence-corrected chi connectivity index (χ1v) is 5.68. The standard InChI is InChI=1S/C12H16N2O3/c1-8(2)5-10(15)6-11-13-12(14-17-11)9-3-4-16-7-9/h3-4,7-8,10,15H,5-6H2,1-2H3. The van der Waals surface area contributed by atoms with Crippen LogP contribution in [-0.4, -0.2) is 21.4 Å². The topological polar surface area (TPSA) is 72.3 Å². The van der Waals surface area contributed by atoms with E-state index in [4.69, 9.17) is 8.94 Å². The fraction of sp³-hybridized carbons (Fsp3) is 0.500. The van der Waals surface area contributed by atoms with Gasteiger partial charge in [-0.05, 0) is 18.4 Å². The summed E-state index contributed by atoms with van der Waals surface area (Å²) >= 11 is 0. The van der Waals surface area contributed by atoms with E-state index in [1.807, 2.05) is 0 Å². The molecule has 1 N–H and O–H groups in total. The van der Waals surface area contributed by atoms with Crippen LogP contribution in [0.4, 0.5) is 0 Å². The molecule has 0 aromatic carbocycles. The second-order valence-electron chi connectivity index (χ2n) is 4.51. The predicted molar refractivity (Wildman–Crippen MR) is 61.2 cm³/mol. The van der Waals surface area contributed by atoms with Crippen LogP contribution in [0.3, 0.4) is 0 Å². The summed E-state index contributed by atoms with van der Waals surface area (Å²) in [6.07, 6.45) is 3.79. The third-order valence-corrected chi connectivity index (χ3v) is 2.40. The Morgan fingerprint density at radius 3 is 2.88 bits per heavy atom. The van der Waals surface area contributed by atoms with Crippen molar-refractivity contribution in [1.82, 2.24) is 10.1 Å². The van der Waals surface area contributed by atoms with Crippen LogP contribution < -0.4 is 0 Å². The number of aromatic nitrogens is 2. The Balaban J connectivity index is 1.99. The van der Waals surface area contributed by atoms with Gasteiger partial charge >= 0.3 is 0 Å². The lowest BCUT2D eigenvalue weighted by molar-refractivity contribution is 0.138. The maximum atomic E-state index is 9.77. The highest BCUT2D eigenvalue weighted by Gasteiger charge is 2.14. The molecule has 0 bridgehead atoms. The van der Waals surface area contributed by atoms with E-state index in [-0.39, 0.29) is 0 Å². The molecule has 0 amide bonds. The van der Waals surface area contributed by atoms with Gasteiger partial charge in [-0.25, -0.2) is 0 Å². The zero-order chi connectivity index (χ0) is 12.3. The highest BCUT2D eigenvalue weighted by molar-refractivity contribution is 5.51. The fourth-order valence-electron chi connectivity index (χ4n) is 1.68. The molecule has 0 fully saturated rings. The molecule has 17 heavy (non-hydrogen) atoms. The molecule has 0 spiro atoms. The zero-order valence-corrected chi connectivity index (χ0v) is 9.96. The predicted octanol–water partition coefficient (Wildman–Crippen LogP) is 2.28. The Bertz CT molecular complexity index is 448. The van der Waals surface area contributed by atoms with Crippen molar-refractivity contribution in [2.75, 3.05) is 0 Å². The summed E-state index contributed by atoms with van der Waals surface area (Å²) in [5.74, 6) is 1.39. The van der Waals surface area contributed by atoms with Gasteiger partial charge in [-0.15, -0.1) is 0 Å². The van der Waals surface area contributed by atoms with E-state index in [0.717, 1.165) is 12.0 Å². The molecule has 1 unspecified atom stereocenters. The molecule has 5 heteroatoms. The van der Waals surface area contributed by atoms with Crippen LogP contribution in [0.25, 0.3) is 11.4 Å². The van der Waals surface area contributed by atoms with Crippen molar-refractivity contribution >= 4 is 0 Å². The van der Waals surface area contributed by atoms with Crippen molar-refractivity contribution in [1.29, 1.82) is 0 Å². The van der Waals surface area contributed by atoms with Gasteiger partial charge in [0.15, 0.2) is 0 Å². The lowest BCUT2D eigenvalue weighted by Gasteiger charge is -2.09. The van der Waals surface area contributed by atoms with E-state index in [1.165, 1.54) is 0 Å². The molecular weight excluding hydrogens is 220 g/mol. The maximum Gasteiger partial charge on any atom is 0.229 e. The third kappa shape index (κ3) is 3.17. The van der Waals surface area contributed by atoms with E-state index in [0.29, 0.717) is 24.1 Å². The molecule has 0 saturated carbocycles. The van der Waals surface area contributed by atoms with Gasteiger partial charge in [0.25, 0.3) is 0 Å². The Hall–Kier alpha value is -1.62. The van der Waals surface area contributed by atoms with Crippen LogP contribution in [0.15, 0.2) is 27.5 Å². The van der Waals surface area contributed by atoms with Gasteiger partial charge in [-0.1, -0.05) is 19.0 Å². The second kappa shape index (κ2) is 5.14. The van der Waals surface area contributed by atoms with Crippen LogP contribution >= 0.6 is 0 Å². The second-order valence-corrected chi connectivity index (χ2v) is 4.51. The smallest absolute Gasteiger partial charge is 0.229 e. The normalized spacial score (nSPS) is 13.2. The summed E-state index contributed by atoms with van der Waals surface area (Å²) in [6, 6.07) is 1.76. The average molecular weight is 236 g/mol. The molecule has 1 atom stereocenters. The van der Waals surface area contributed by atoms with E-state index < -0.39 is 6.10 Å². The molecule has 0 saturated heterocycles. The third-order valence-electron chi connectivity index (χ3n) is 2.40. The molecule has 0 aliphatic heterocycles. The van der Waals surface area contributed by atoms with Gasteiger partial charge in [0.05, 0.1) is 24.4 Å². The largest absolute Gasteiger partial charge is 0.472 e. The number of hydrogen-bond donors (Lipinski definition) is 1. The first kappa shape index (κ1) is 11.9. The van der Waals surface area contributed by atoms with Crippen LogP contribution in [-0.2, 0) is 6.42 Å². The molecule has 2 aromatic rings. The number of rotatable bonds is 5. The molecule has 0 radical (unpaired) electrons. The van der Waals surface area contributed by atoms with Gasteiger partial charge < -0.3 is 14.0 Å². The molecule has 92 valence electrons. The lowest BCUT2D eigenvalue weighted by Crippen LogP contribution is -2.13. The molecule has 5 nitrogen and oxygen atoms in total. The van der Waals surface area contributed by atoms with Crippen molar-refractivity contribution in [2.24, 2.45) is 5.92 Å². The van der Waals surface area contributed by atoms with E-state index >= 15 is 0 Å². The van der Waals surface area contributed by atoms with Gasteiger partial charge in [0, 0.05) is 0 Å². The Kier molecular flexibility index (Phi) is 3.58. The number of nitrogens with zero attached hydrogens (tertiary/aromatic N) is 2. The maximum absolute atomic E-state index is 9.77. The Morgan fingerprint density at radius 1 is 1.41 bits per heavy atom. The highest BCUT2D eigenvalue weighted by Crippen LogP contribution is 2.17. The minimum atomic E-state index is -0.437. The fourth-order valence-corrected chi connectivity index (χ4v) is 1.68. The monoisotopic (exact) mass is 236 g/mol. The lowest BCUT2D eigenvalue weighted by atomic mass is 10.0. The van der Waals surface area contributed by atoms with E-state index in [9.17, 15) is 5.11 Å². The number of hydrogen-bond acceptors (Lipinski definition) is 5. The van der Waals surface area contributed by atoms with E-state index in [2.05, 4.69) is 24.0 Å². The van der Waals surface area contributed by atoms with Gasteiger partial charge in [0.1, 0.15) is 6.26 Å². The van der Waals surface area contributed by atoms with Crippen LogP contribution in [0.1, 0.15) is 26.2 Å². The molecule has 2 aromatic heterocycles. The number of aliphatic hydroxyl groups is 1. The summed E-state index contributed by atoms with van der Waals surface area (Å²) < 4.78 is 10.0. The summed E-state index contributed by atoms with van der Waals surface area (Å²) in [6.45, 7) is 4.13. The Labute approximate surface area is 99.5 Å². The van der Waals surface area contributed by atoms with Crippen molar-refractivity contribution in [2.45, 2.75) is 32.8 Å². The molecule has 2 heterocycles. The van der Waals surface area contributed by atoms with Crippen LogP contribution in [0.5, 0.6) is 0 Å². The van der Waals surface area contributed by atoms with Crippen molar-refractivity contribution in [3.63, 3.8) is 0 Å². The SMILES string of the molecule is CC(C)CC(O)Cc1nc(-c2ccoc2)no1. The van der Waals surface area contributed by atoms with E-state index in [1.54, 1.807) is 18.6 Å². The number of furan rings is 1.